The van der Waals surface area contributed by atoms with Crippen LogP contribution in [0.2, 0.25) is 0 Å². The first-order chi connectivity index (χ1) is 33.9. The van der Waals surface area contributed by atoms with Gasteiger partial charge >= 0.3 is 0 Å². The number of hydrogen-bond acceptors (Lipinski definition) is 3. The third-order valence-corrected chi connectivity index (χ3v) is 12.0. The van der Waals surface area contributed by atoms with Crippen molar-refractivity contribution in [1.82, 2.24) is 14.5 Å². The van der Waals surface area contributed by atoms with Gasteiger partial charge in [-0.05, 0) is 146 Å². The van der Waals surface area contributed by atoms with Gasteiger partial charge in [0.2, 0.25) is 0 Å². The summed E-state index contributed by atoms with van der Waals surface area (Å²) in [6.45, 7) is 19.1. The largest absolute Gasteiger partial charge is 0.507 e. The van der Waals surface area contributed by atoms with Crippen LogP contribution < -0.4 is 0 Å². The number of fused-ring (bicyclic) bond motifs is 1. The van der Waals surface area contributed by atoms with Crippen LogP contribution >= 0.6 is 0 Å². The van der Waals surface area contributed by atoms with Gasteiger partial charge in [0.15, 0.2) is 0 Å². The molecule has 63 heavy (non-hydrogen) atoms. The Bertz CT molecular complexity index is 3420. The maximum absolute atomic E-state index is 12.3. The normalized spacial score (nSPS) is 14.9. The number of imidazole rings is 1. The van der Waals surface area contributed by atoms with Crippen molar-refractivity contribution in [2.75, 3.05) is 0 Å². The SMILES string of the molecule is [2H]c1c([2H])c([2H])c(-c2ccnc(-c3cc(-c4cccc5c4nc(-c4cc(C(C)C)cc(C(C)C)c4O)n5-c4ccc(-c5cc(C([2H])(C)C)cc(C([2H])(C)C)c5)cc4C([2H])([2H])[2H])cc(C(C)(C)C)c3)c2)c([2H])c1[2H]. The molecule has 4 heteroatoms. The van der Waals surface area contributed by atoms with Gasteiger partial charge in [-0.15, -0.1) is 0 Å². The minimum Gasteiger partial charge on any atom is -0.507 e. The molecule has 320 valence electrons. The summed E-state index contributed by atoms with van der Waals surface area (Å²) in [6.07, 6.45) is 1.57. The number of para-hydroxylation sites is 1. The van der Waals surface area contributed by atoms with Crippen LogP contribution in [-0.2, 0) is 5.41 Å². The number of nitrogens with zero attached hydrogens (tertiary/aromatic N) is 3. The molecule has 6 aromatic carbocycles. The molecule has 8 aromatic rings. The smallest absolute Gasteiger partial charge is 0.149 e. The topological polar surface area (TPSA) is 50.9 Å². The van der Waals surface area contributed by atoms with Gasteiger partial charge in [0, 0.05) is 24.2 Å². The number of aromatic hydroxyl groups is 1. The summed E-state index contributed by atoms with van der Waals surface area (Å²) in [5.74, 6) is -1.57. The van der Waals surface area contributed by atoms with E-state index in [4.69, 9.17) is 23.7 Å². The predicted octanol–water partition coefficient (Wildman–Crippen LogP) is 16.6. The van der Waals surface area contributed by atoms with Crippen LogP contribution in [0.4, 0.5) is 0 Å². The van der Waals surface area contributed by atoms with Crippen LogP contribution in [0.15, 0.2) is 133 Å². The predicted molar refractivity (Wildman–Crippen MR) is 268 cm³/mol. The molecular formula is C59H63N3O. The molecule has 0 radical (unpaired) electrons. The molecule has 4 nitrogen and oxygen atoms in total. The standard InChI is InChI=1S/C59H63N3O/c1-35(2)43-26-44(36(3)4)28-46(27-43)41-21-22-54(39(9)25-41)62-55-20-16-19-50(56(55)61-58(62)52-33-45(37(5)6)32-51(38(7)8)57(52)63)47-29-48(31-49(30-47)59(10,11)12)53-34-42(23-24-60-53)40-17-14-13-15-18-40/h13-38,63H,1-12H3/i9D3,13D,14D,15D,17D,18D,35D,36D. The van der Waals surface area contributed by atoms with Crippen molar-refractivity contribution in [3.63, 3.8) is 0 Å². The van der Waals surface area contributed by atoms with Crippen LogP contribution in [-0.4, -0.2) is 19.6 Å². The van der Waals surface area contributed by atoms with Crippen LogP contribution in [0.3, 0.4) is 0 Å². The first kappa shape index (κ1) is 32.4. The Morgan fingerprint density at radius 2 is 1.33 bits per heavy atom. The average Bonchev–Trinajstić information content (AvgIpc) is 3.70. The molecule has 0 amide bonds. The summed E-state index contributed by atoms with van der Waals surface area (Å²) in [5, 5.41) is 12.3. The monoisotopic (exact) mass is 840 g/mol. The molecule has 0 aliphatic heterocycles. The Morgan fingerprint density at radius 1 is 0.635 bits per heavy atom. The lowest BCUT2D eigenvalue weighted by atomic mass is 9.83. The number of rotatable bonds is 10. The average molecular weight is 840 g/mol. The van der Waals surface area contributed by atoms with Crippen LogP contribution in [0.5, 0.6) is 5.75 Å². The van der Waals surface area contributed by atoms with E-state index in [2.05, 4.69) is 40.7 Å². The van der Waals surface area contributed by atoms with Crippen molar-refractivity contribution >= 4 is 11.0 Å². The maximum Gasteiger partial charge on any atom is 0.149 e. The Labute approximate surface area is 389 Å². The molecular weight excluding hydrogens is 767 g/mol. The maximum atomic E-state index is 12.3. The van der Waals surface area contributed by atoms with Gasteiger partial charge in [-0.1, -0.05) is 155 Å². The molecule has 1 N–H and O–H groups in total. The molecule has 0 unspecified atom stereocenters. The summed E-state index contributed by atoms with van der Waals surface area (Å²) >= 11 is 0. The molecule has 0 fully saturated rings. The van der Waals surface area contributed by atoms with Crippen molar-refractivity contribution in [2.24, 2.45) is 0 Å². The Morgan fingerprint density at radius 3 is 1.98 bits per heavy atom. The Balaban J connectivity index is 1.43. The summed E-state index contributed by atoms with van der Waals surface area (Å²) in [4.78, 5) is 10.2. The van der Waals surface area contributed by atoms with E-state index in [0.29, 0.717) is 67.2 Å². The molecule has 0 spiro atoms. The fourth-order valence-electron chi connectivity index (χ4n) is 8.17. The van der Waals surface area contributed by atoms with Crippen molar-refractivity contribution < 1.29 is 18.8 Å². The van der Waals surface area contributed by atoms with Crippen LogP contribution in [0.25, 0.3) is 72.7 Å². The molecule has 0 aliphatic rings. The number of benzene rings is 6. The highest BCUT2D eigenvalue weighted by molar-refractivity contribution is 5.97. The van der Waals surface area contributed by atoms with Gasteiger partial charge in [-0.2, -0.15) is 0 Å². The minimum atomic E-state index is -2.64. The molecule has 0 atom stereocenters. The zero-order chi connectivity index (χ0) is 53.6. The molecule has 2 heterocycles. The van der Waals surface area contributed by atoms with Gasteiger partial charge in [0.25, 0.3) is 0 Å². The van der Waals surface area contributed by atoms with Crippen molar-refractivity contribution in [1.29, 1.82) is 0 Å². The minimum absolute atomic E-state index is 0.0452. The summed E-state index contributed by atoms with van der Waals surface area (Å²) in [7, 11) is 0. The van der Waals surface area contributed by atoms with Gasteiger partial charge in [-0.3, -0.25) is 9.55 Å². The van der Waals surface area contributed by atoms with E-state index in [-0.39, 0.29) is 46.2 Å². The second-order valence-electron chi connectivity index (χ2n) is 18.8. The second kappa shape index (κ2) is 17.1. The molecule has 0 aliphatic carbocycles. The van der Waals surface area contributed by atoms with Crippen molar-refractivity contribution in [2.45, 2.75) is 112 Å². The van der Waals surface area contributed by atoms with Crippen LogP contribution in [0, 0.1) is 6.85 Å². The zero-order valence-electron chi connectivity index (χ0n) is 48.3. The fourth-order valence-corrected chi connectivity index (χ4v) is 8.17. The van der Waals surface area contributed by atoms with E-state index in [1.165, 1.54) is 0 Å². The lowest BCUT2D eigenvalue weighted by Crippen LogP contribution is -2.11. The Kier molecular flexibility index (Phi) is 8.82. The zero-order valence-corrected chi connectivity index (χ0v) is 38.3. The molecule has 0 saturated carbocycles. The number of hydrogen-bond donors (Lipinski definition) is 1. The van der Waals surface area contributed by atoms with Crippen LogP contribution in [0.1, 0.15) is 147 Å². The van der Waals surface area contributed by atoms with E-state index in [9.17, 15) is 5.11 Å². The summed E-state index contributed by atoms with van der Waals surface area (Å²) in [5.41, 5.74) is 10.2. The first-order valence-electron chi connectivity index (χ1n) is 26.8. The highest BCUT2D eigenvalue weighted by atomic mass is 16.3. The van der Waals surface area contributed by atoms with E-state index in [1.807, 2.05) is 85.1 Å². The summed E-state index contributed by atoms with van der Waals surface area (Å²) in [6, 6.07) is 28.3. The van der Waals surface area contributed by atoms with Crippen molar-refractivity contribution in [3.8, 4) is 67.5 Å². The molecule has 2 aromatic heterocycles. The number of phenolic OH excluding ortho intramolecular Hbond substituents is 1. The number of phenols is 1. The first-order valence-corrected chi connectivity index (χ1v) is 21.8. The highest BCUT2D eigenvalue weighted by Crippen LogP contribution is 2.44. The lowest BCUT2D eigenvalue weighted by Gasteiger charge is -2.22. The Hall–Kier alpha value is -6.26. The lowest BCUT2D eigenvalue weighted by molar-refractivity contribution is 0.466. The third kappa shape index (κ3) is 8.61. The van der Waals surface area contributed by atoms with Gasteiger partial charge < -0.3 is 5.11 Å². The molecule has 0 saturated heterocycles. The van der Waals surface area contributed by atoms with Gasteiger partial charge in [0.1, 0.15) is 11.6 Å². The third-order valence-electron chi connectivity index (χ3n) is 12.0. The second-order valence-corrected chi connectivity index (χ2v) is 18.8. The van der Waals surface area contributed by atoms with Crippen molar-refractivity contribution in [3.05, 3.63) is 167 Å². The fraction of sp³-hybridized carbons (Fsp3) is 0.288. The quantitative estimate of drug-likeness (QED) is 0.149. The van der Waals surface area contributed by atoms with Gasteiger partial charge in [-0.25, -0.2) is 4.98 Å². The van der Waals surface area contributed by atoms with Gasteiger partial charge in [0.05, 0.1) is 34.8 Å². The molecule has 8 rings (SSSR count). The van der Waals surface area contributed by atoms with E-state index in [0.717, 1.165) is 27.8 Å². The number of aryl methyl sites for hydroxylation is 1. The molecule has 0 bridgehead atoms. The van der Waals surface area contributed by atoms with E-state index >= 15 is 0 Å². The van der Waals surface area contributed by atoms with E-state index < -0.39 is 36.8 Å². The number of pyridine rings is 1. The highest BCUT2D eigenvalue weighted by Gasteiger charge is 2.25. The summed E-state index contributed by atoms with van der Waals surface area (Å²) < 4.78 is 89.2. The van der Waals surface area contributed by atoms with E-state index in [1.54, 1.807) is 58.2 Å². The number of aromatic nitrogens is 3.